The summed E-state index contributed by atoms with van der Waals surface area (Å²) in [5.74, 6) is 1.30. The number of benzene rings is 2. The summed E-state index contributed by atoms with van der Waals surface area (Å²) in [6, 6.07) is 16.3. The number of hydrogen-bond acceptors (Lipinski definition) is 4. The molecule has 3 aromatic rings. The van der Waals surface area contributed by atoms with E-state index < -0.39 is 0 Å². The monoisotopic (exact) mass is 390 g/mol. The predicted molar refractivity (Wildman–Crippen MR) is 112 cm³/mol. The number of carbonyl (C=O) groups is 1. The van der Waals surface area contributed by atoms with E-state index in [9.17, 15) is 4.79 Å². The van der Waals surface area contributed by atoms with Crippen molar-refractivity contribution >= 4 is 11.9 Å². The second-order valence-corrected chi connectivity index (χ2v) is 7.82. The molecular weight excluding hydrogens is 364 g/mol. The fraction of sp³-hybridized carbons (Fsp3) is 0.348. The van der Waals surface area contributed by atoms with Crippen molar-refractivity contribution in [2.75, 3.05) is 12.0 Å². The first-order valence-corrected chi connectivity index (χ1v) is 9.92. The van der Waals surface area contributed by atoms with Gasteiger partial charge in [-0.1, -0.05) is 55.8 Å². The van der Waals surface area contributed by atoms with Gasteiger partial charge in [0, 0.05) is 5.92 Å². The molecule has 0 spiro atoms. The number of methoxy groups -OCH3 is 1. The Hall–Kier alpha value is -3.15. The van der Waals surface area contributed by atoms with Gasteiger partial charge in [-0.3, -0.25) is 9.69 Å². The number of aryl methyl sites for hydroxylation is 1. The second-order valence-electron chi connectivity index (χ2n) is 7.82. The zero-order valence-electron chi connectivity index (χ0n) is 17.2. The van der Waals surface area contributed by atoms with Gasteiger partial charge < -0.3 is 4.74 Å². The van der Waals surface area contributed by atoms with Gasteiger partial charge in [-0.25, -0.2) is 4.68 Å². The first-order chi connectivity index (χ1) is 14.0. The SMILES string of the molecule is COc1ccc([C@@H]2C[C@H](c3ccc(C)cc3)n3ncnc3N2C(=O)C(C)C)cc1. The molecular formula is C23H26N4O2. The third kappa shape index (κ3) is 3.50. The molecule has 1 aliphatic rings. The Labute approximate surface area is 171 Å². The van der Waals surface area contributed by atoms with Crippen LogP contribution in [-0.4, -0.2) is 27.8 Å². The molecule has 6 heteroatoms. The Morgan fingerprint density at radius 1 is 1.03 bits per heavy atom. The van der Waals surface area contributed by atoms with Gasteiger partial charge in [-0.15, -0.1) is 0 Å². The van der Waals surface area contributed by atoms with Crippen LogP contribution in [-0.2, 0) is 4.79 Å². The molecule has 29 heavy (non-hydrogen) atoms. The zero-order chi connectivity index (χ0) is 20.5. The lowest BCUT2D eigenvalue weighted by Gasteiger charge is -2.40. The van der Waals surface area contributed by atoms with Crippen molar-refractivity contribution in [3.8, 4) is 5.75 Å². The molecule has 0 radical (unpaired) electrons. The Balaban J connectivity index is 1.82. The second kappa shape index (κ2) is 7.70. The smallest absolute Gasteiger partial charge is 0.232 e. The highest BCUT2D eigenvalue weighted by Crippen LogP contribution is 2.42. The topological polar surface area (TPSA) is 60.2 Å². The van der Waals surface area contributed by atoms with Crippen LogP contribution in [0, 0.1) is 12.8 Å². The van der Waals surface area contributed by atoms with Gasteiger partial charge in [-0.2, -0.15) is 10.1 Å². The molecule has 1 amide bonds. The maximum atomic E-state index is 13.2. The molecule has 0 fully saturated rings. The van der Waals surface area contributed by atoms with E-state index in [0.29, 0.717) is 5.95 Å². The summed E-state index contributed by atoms with van der Waals surface area (Å²) in [4.78, 5) is 19.5. The van der Waals surface area contributed by atoms with E-state index in [0.717, 1.165) is 23.3 Å². The molecule has 0 unspecified atom stereocenters. The summed E-state index contributed by atoms with van der Waals surface area (Å²) >= 11 is 0. The van der Waals surface area contributed by atoms with Crippen LogP contribution in [0.25, 0.3) is 0 Å². The molecule has 0 N–H and O–H groups in total. The number of amides is 1. The van der Waals surface area contributed by atoms with Crippen molar-refractivity contribution in [1.29, 1.82) is 0 Å². The highest BCUT2D eigenvalue weighted by molar-refractivity contribution is 5.94. The van der Waals surface area contributed by atoms with Crippen LogP contribution >= 0.6 is 0 Å². The van der Waals surface area contributed by atoms with Crippen molar-refractivity contribution in [2.45, 2.75) is 39.3 Å². The van der Waals surface area contributed by atoms with E-state index in [1.165, 1.54) is 11.9 Å². The number of anilines is 1. The van der Waals surface area contributed by atoms with E-state index >= 15 is 0 Å². The van der Waals surface area contributed by atoms with E-state index in [1.54, 1.807) is 7.11 Å². The van der Waals surface area contributed by atoms with Crippen molar-refractivity contribution in [3.05, 3.63) is 71.5 Å². The fourth-order valence-corrected chi connectivity index (χ4v) is 3.90. The number of hydrogen-bond donors (Lipinski definition) is 0. The molecule has 150 valence electrons. The maximum absolute atomic E-state index is 13.2. The lowest BCUT2D eigenvalue weighted by molar-refractivity contribution is -0.122. The molecule has 1 aromatic heterocycles. The number of rotatable bonds is 4. The maximum Gasteiger partial charge on any atom is 0.232 e. The van der Waals surface area contributed by atoms with Crippen LogP contribution in [0.15, 0.2) is 54.9 Å². The van der Waals surface area contributed by atoms with Crippen LogP contribution in [0.3, 0.4) is 0 Å². The first kappa shape index (κ1) is 19.2. The van der Waals surface area contributed by atoms with Gasteiger partial charge in [0.15, 0.2) is 0 Å². The van der Waals surface area contributed by atoms with Crippen molar-refractivity contribution in [1.82, 2.24) is 14.8 Å². The van der Waals surface area contributed by atoms with Gasteiger partial charge in [0.05, 0.1) is 19.2 Å². The van der Waals surface area contributed by atoms with Crippen LogP contribution in [0.5, 0.6) is 5.75 Å². The highest BCUT2D eigenvalue weighted by Gasteiger charge is 2.39. The van der Waals surface area contributed by atoms with E-state index in [-0.39, 0.29) is 23.9 Å². The molecule has 2 aromatic carbocycles. The average Bonchev–Trinajstić information content (AvgIpc) is 3.22. The number of ether oxygens (including phenoxy) is 1. The average molecular weight is 390 g/mol. The predicted octanol–water partition coefficient (Wildman–Crippen LogP) is 4.32. The quantitative estimate of drug-likeness (QED) is 0.666. The van der Waals surface area contributed by atoms with E-state index in [2.05, 4.69) is 41.3 Å². The summed E-state index contributed by atoms with van der Waals surface area (Å²) < 4.78 is 7.19. The number of fused-ring (bicyclic) bond motifs is 1. The van der Waals surface area contributed by atoms with Gasteiger partial charge in [0.25, 0.3) is 0 Å². The highest BCUT2D eigenvalue weighted by atomic mass is 16.5. The van der Waals surface area contributed by atoms with Gasteiger partial charge >= 0.3 is 0 Å². The fourth-order valence-electron chi connectivity index (χ4n) is 3.90. The normalized spacial score (nSPS) is 18.6. The van der Waals surface area contributed by atoms with E-state index in [1.807, 2.05) is 47.7 Å². The Kier molecular flexibility index (Phi) is 5.09. The van der Waals surface area contributed by atoms with Crippen molar-refractivity contribution in [3.63, 3.8) is 0 Å². The molecule has 1 aliphatic heterocycles. The minimum Gasteiger partial charge on any atom is -0.497 e. The molecule has 4 rings (SSSR count). The molecule has 0 saturated carbocycles. The van der Waals surface area contributed by atoms with Crippen molar-refractivity contribution in [2.24, 2.45) is 5.92 Å². The lowest BCUT2D eigenvalue weighted by Crippen LogP contribution is -2.44. The van der Waals surface area contributed by atoms with Gasteiger partial charge in [0.2, 0.25) is 11.9 Å². The third-order valence-corrected chi connectivity index (χ3v) is 5.52. The van der Waals surface area contributed by atoms with Crippen LogP contribution < -0.4 is 9.64 Å². The molecule has 2 heterocycles. The van der Waals surface area contributed by atoms with Crippen LogP contribution in [0.1, 0.15) is 49.0 Å². The Morgan fingerprint density at radius 3 is 2.28 bits per heavy atom. The van der Waals surface area contributed by atoms with Gasteiger partial charge in [0.1, 0.15) is 12.1 Å². The zero-order valence-corrected chi connectivity index (χ0v) is 17.2. The van der Waals surface area contributed by atoms with E-state index in [4.69, 9.17) is 4.74 Å². The minimum atomic E-state index is -0.142. The summed E-state index contributed by atoms with van der Waals surface area (Å²) in [7, 11) is 1.65. The van der Waals surface area contributed by atoms with Gasteiger partial charge in [-0.05, 0) is 36.6 Å². The molecule has 0 bridgehead atoms. The first-order valence-electron chi connectivity index (χ1n) is 9.92. The third-order valence-electron chi connectivity index (χ3n) is 5.52. The number of nitrogens with zero attached hydrogens (tertiary/aromatic N) is 4. The molecule has 6 nitrogen and oxygen atoms in total. The largest absolute Gasteiger partial charge is 0.497 e. The van der Waals surface area contributed by atoms with Crippen LogP contribution in [0.2, 0.25) is 0 Å². The number of carbonyl (C=O) groups excluding carboxylic acids is 1. The molecule has 0 saturated heterocycles. The molecule has 0 aliphatic carbocycles. The number of aromatic nitrogens is 3. The summed E-state index contributed by atoms with van der Waals surface area (Å²) in [6.07, 6.45) is 2.26. The molecule has 2 atom stereocenters. The Bertz CT molecular complexity index is 992. The minimum absolute atomic E-state index is 0.0106. The van der Waals surface area contributed by atoms with Crippen molar-refractivity contribution < 1.29 is 9.53 Å². The van der Waals surface area contributed by atoms with Crippen LogP contribution in [0.4, 0.5) is 5.95 Å². The standard InChI is InChI=1S/C23H26N4O2/c1-15(2)22(28)26-20(17-9-11-19(29-4)12-10-17)13-21(27-23(26)24-14-25-27)18-7-5-16(3)6-8-18/h5-12,14-15,20-21H,13H2,1-4H3/t20-,21+/m0/s1. The summed E-state index contributed by atoms with van der Waals surface area (Å²) in [5, 5.41) is 4.48. The summed E-state index contributed by atoms with van der Waals surface area (Å²) in [5.41, 5.74) is 3.44. The Morgan fingerprint density at radius 2 is 1.66 bits per heavy atom. The lowest BCUT2D eigenvalue weighted by atomic mass is 9.91. The summed E-state index contributed by atoms with van der Waals surface area (Å²) in [6.45, 7) is 5.91.